The highest BCUT2D eigenvalue weighted by molar-refractivity contribution is 6.31. The molecule has 0 aliphatic carbocycles. The highest BCUT2D eigenvalue weighted by atomic mass is 16.4. The molecule has 1 N–H and O–H groups in total. The fourth-order valence-electron chi connectivity index (χ4n) is 3.00. The van der Waals surface area contributed by atoms with Gasteiger partial charge in [-0.1, -0.05) is 36.4 Å². The Morgan fingerprint density at radius 3 is 2.52 bits per heavy atom. The van der Waals surface area contributed by atoms with Crippen molar-refractivity contribution in [2.45, 2.75) is 6.92 Å². The van der Waals surface area contributed by atoms with E-state index in [1.54, 1.807) is 42.5 Å². The number of aryl methyl sites for hydroxylation is 1. The average molecular weight is 387 g/mol. The summed E-state index contributed by atoms with van der Waals surface area (Å²) in [5, 5.41) is 12.0. The molecule has 0 spiro atoms. The molecular weight excluding hydrogens is 372 g/mol. The smallest absolute Gasteiger partial charge is 0.282 e. The number of carbonyl (C=O) groups is 3. The van der Waals surface area contributed by atoms with Crippen LogP contribution >= 0.6 is 0 Å². The maximum absolute atomic E-state index is 12.7. The number of amides is 2. The molecule has 1 aliphatic heterocycles. The lowest BCUT2D eigenvalue weighted by molar-refractivity contribution is -0.255. The minimum absolute atomic E-state index is 0.0419. The Morgan fingerprint density at radius 2 is 1.83 bits per heavy atom. The van der Waals surface area contributed by atoms with E-state index in [9.17, 15) is 19.5 Å². The predicted molar refractivity (Wildman–Crippen MR) is 103 cm³/mol. The fourth-order valence-corrected chi connectivity index (χ4v) is 3.00. The lowest BCUT2D eigenvalue weighted by Gasteiger charge is -2.14. The normalized spacial score (nSPS) is 15.1. The van der Waals surface area contributed by atoms with Crippen molar-refractivity contribution >= 4 is 29.5 Å². The summed E-state index contributed by atoms with van der Waals surface area (Å²) in [4.78, 5) is 35.8. The van der Waals surface area contributed by atoms with Crippen LogP contribution in [0.3, 0.4) is 0 Å². The van der Waals surface area contributed by atoms with Crippen LogP contribution in [0.15, 0.2) is 70.7 Å². The highest BCUT2D eigenvalue weighted by Gasteiger charge is 2.34. The maximum Gasteiger partial charge on any atom is 0.282 e. The number of hydrogen-bond donors (Lipinski definition) is 1. The maximum atomic E-state index is 12.7. The Kier molecular flexibility index (Phi) is 4.48. The quantitative estimate of drug-likeness (QED) is 0.545. The number of hydrogen-bond acceptors (Lipinski definition) is 5. The van der Waals surface area contributed by atoms with Crippen molar-refractivity contribution < 1.29 is 23.9 Å². The zero-order valence-electron chi connectivity index (χ0n) is 15.3. The van der Waals surface area contributed by atoms with Crippen LogP contribution in [0.5, 0.6) is 0 Å². The SMILES string of the molecule is Cc1cccc(N2NC(=O)/C(=C\c3ccc(-c4ccc(C(=O)[O-])cc4)o3)C2=O)c1. The molecule has 1 aliphatic rings. The number of aromatic carboxylic acids is 1. The van der Waals surface area contributed by atoms with Gasteiger partial charge in [-0.15, -0.1) is 0 Å². The van der Waals surface area contributed by atoms with Crippen LogP contribution in [-0.2, 0) is 9.59 Å². The summed E-state index contributed by atoms with van der Waals surface area (Å²) in [6.45, 7) is 1.90. The first-order valence-corrected chi connectivity index (χ1v) is 8.78. The second-order valence-corrected chi connectivity index (χ2v) is 6.55. The number of nitrogens with one attached hydrogen (secondary N) is 1. The Balaban J connectivity index is 1.59. The summed E-state index contributed by atoms with van der Waals surface area (Å²) >= 11 is 0. The van der Waals surface area contributed by atoms with Crippen LogP contribution < -0.4 is 15.5 Å². The molecule has 0 saturated carbocycles. The number of anilines is 1. The minimum atomic E-state index is -1.26. The molecule has 144 valence electrons. The molecule has 0 unspecified atom stereocenters. The number of benzene rings is 2. The molecule has 1 fully saturated rings. The van der Waals surface area contributed by atoms with Crippen LogP contribution in [0.25, 0.3) is 17.4 Å². The van der Waals surface area contributed by atoms with E-state index in [-0.39, 0.29) is 11.1 Å². The molecule has 0 radical (unpaired) electrons. The monoisotopic (exact) mass is 387 g/mol. The molecule has 2 aromatic carbocycles. The van der Waals surface area contributed by atoms with E-state index in [0.29, 0.717) is 22.8 Å². The van der Waals surface area contributed by atoms with Crippen LogP contribution in [0.4, 0.5) is 5.69 Å². The molecule has 2 heterocycles. The van der Waals surface area contributed by atoms with Gasteiger partial charge in [0.15, 0.2) is 0 Å². The third kappa shape index (κ3) is 3.53. The summed E-state index contributed by atoms with van der Waals surface area (Å²) in [7, 11) is 0. The molecule has 0 bridgehead atoms. The topological polar surface area (TPSA) is 103 Å². The molecule has 4 rings (SSSR count). The van der Waals surface area contributed by atoms with Gasteiger partial charge in [-0.05, 0) is 48.4 Å². The van der Waals surface area contributed by atoms with Crippen molar-refractivity contribution in [1.29, 1.82) is 0 Å². The van der Waals surface area contributed by atoms with Crippen LogP contribution in [-0.4, -0.2) is 17.8 Å². The number of carboxylic acid groups (broad SMARTS) is 1. The molecule has 7 heteroatoms. The van der Waals surface area contributed by atoms with Gasteiger partial charge in [0, 0.05) is 5.56 Å². The average Bonchev–Trinajstić information content (AvgIpc) is 3.28. The van der Waals surface area contributed by atoms with Crippen LogP contribution in [0.1, 0.15) is 21.7 Å². The van der Waals surface area contributed by atoms with Crippen molar-refractivity contribution in [2.75, 3.05) is 5.01 Å². The molecular formula is C22H15N2O5-. The zero-order valence-corrected chi connectivity index (χ0v) is 15.3. The van der Waals surface area contributed by atoms with Gasteiger partial charge < -0.3 is 14.3 Å². The summed E-state index contributed by atoms with van der Waals surface area (Å²) in [5.74, 6) is -1.45. The van der Waals surface area contributed by atoms with Gasteiger partial charge in [0.25, 0.3) is 11.8 Å². The van der Waals surface area contributed by atoms with E-state index in [1.807, 2.05) is 13.0 Å². The number of furan rings is 1. The van der Waals surface area contributed by atoms with E-state index in [4.69, 9.17) is 4.42 Å². The van der Waals surface area contributed by atoms with E-state index >= 15 is 0 Å². The molecule has 3 aromatic rings. The van der Waals surface area contributed by atoms with Gasteiger partial charge in [-0.2, -0.15) is 0 Å². The predicted octanol–water partition coefficient (Wildman–Crippen LogP) is 2.08. The number of nitrogens with zero attached hydrogens (tertiary/aromatic N) is 1. The Hall–Kier alpha value is -4.13. The summed E-state index contributed by atoms with van der Waals surface area (Å²) in [6.07, 6.45) is 1.38. The van der Waals surface area contributed by atoms with Crippen molar-refractivity contribution in [3.05, 3.63) is 83.1 Å². The first-order chi connectivity index (χ1) is 13.9. The van der Waals surface area contributed by atoms with Crippen LogP contribution in [0, 0.1) is 6.92 Å². The molecule has 1 saturated heterocycles. The first kappa shape index (κ1) is 18.2. The van der Waals surface area contributed by atoms with Crippen molar-refractivity contribution in [1.82, 2.24) is 5.43 Å². The van der Waals surface area contributed by atoms with Gasteiger partial charge in [0.1, 0.15) is 17.1 Å². The Labute approximate surface area is 165 Å². The Bertz CT molecular complexity index is 1160. The second-order valence-electron chi connectivity index (χ2n) is 6.55. The summed E-state index contributed by atoms with van der Waals surface area (Å²) < 4.78 is 5.70. The summed E-state index contributed by atoms with van der Waals surface area (Å²) in [6, 6.07) is 16.5. The lowest BCUT2D eigenvalue weighted by atomic mass is 10.1. The van der Waals surface area contributed by atoms with E-state index in [2.05, 4.69) is 5.43 Å². The first-order valence-electron chi connectivity index (χ1n) is 8.78. The summed E-state index contributed by atoms with van der Waals surface area (Å²) in [5.41, 5.74) is 4.75. The van der Waals surface area contributed by atoms with Crippen molar-refractivity contribution in [2.24, 2.45) is 0 Å². The van der Waals surface area contributed by atoms with Crippen molar-refractivity contribution in [3.63, 3.8) is 0 Å². The number of hydrazine groups is 1. The number of carbonyl (C=O) groups excluding carboxylic acids is 3. The number of carboxylic acids is 1. The standard InChI is InChI=1S/C22H16N2O5/c1-13-3-2-4-16(11-13)24-21(26)18(20(25)23-24)12-17-9-10-19(29-17)14-5-7-15(8-6-14)22(27)28/h2-12H,1H3,(H,23,25)(H,27,28)/p-1/b18-12+. The number of rotatable bonds is 4. The van der Waals surface area contributed by atoms with E-state index in [1.165, 1.54) is 23.2 Å². The fraction of sp³-hybridized carbons (Fsp3) is 0.0455. The minimum Gasteiger partial charge on any atom is -0.545 e. The second kappa shape index (κ2) is 7.12. The van der Waals surface area contributed by atoms with Crippen LogP contribution in [0.2, 0.25) is 0 Å². The lowest BCUT2D eigenvalue weighted by Crippen LogP contribution is -2.35. The van der Waals surface area contributed by atoms with E-state index in [0.717, 1.165) is 5.56 Å². The molecule has 29 heavy (non-hydrogen) atoms. The third-order valence-electron chi connectivity index (χ3n) is 4.47. The van der Waals surface area contributed by atoms with Crippen molar-refractivity contribution in [3.8, 4) is 11.3 Å². The van der Waals surface area contributed by atoms with Gasteiger partial charge >= 0.3 is 0 Å². The largest absolute Gasteiger partial charge is 0.545 e. The molecule has 7 nitrogen and oxygen atoms in total. The third-order valence-corrected chi connectivity index (χ3v) is 4.47. The molecule has 1 aromatic heterocycles. The van der Waals surface area contributed by atoms with Gasteiger partial charge in [0.2, 0.25) is 0 Å². The molecule has 0 atom stereocenters. The van der Waals surface area contributed by atoms with Gasteiger partial charge in [0.05, 0.1) is 11.7 Å². The van der Waals surface area contributed by atoms with Gasteiger partial charge in [-0.25, -0.2) is 5.01 Å². The highest BCUT2D eigenvalue weighted by Crippen LogP contribution is 2.26. The van der Waals surface area contributed by atoms with E-state index < -0.39 is 17.8 Å². The zero-order chi connectivity index (χ0) is 20.5. The van der Waals surface area contributed by atoms with Gasteiger partial charge in [-0.3, -0.25) is 15.0 Å². The molecule has 2 amide bonds. The Morgan fingerprint density at radius 1 is 1.07 bits per heavy atom.